The first kappa shape index (κ1) is 15.8. The maximum atomic E-state index is 11.9. The zero-order valence-electron chi connectivity index (χ0n) is 13.1. The fourth-order valence-corrected chi connectivity index (χ4v) is 2.62. The summed E-state index contributed by atoms with van der Waals surface area (Å²) >= 11 is 0. The Kier molecular flexibility index (Phi) is 5.55. The SMILES string of the molecule is CCNC(=O)NC(CC(C)C)c1nnc2n1CCNCC2. The lowest BCUT2D eigenvalue weighted by atomic mass is 10.0. The van der Waals surface area contributed by atoms with E-state index in [1.165, 1.54) is 0 Å². The minimum atomic E-state index is -0.146. The zero-order valence-corrected chi connectivity index (χ0v) is 13.1. The number of nitrogens with zero attached hydrogens (tertiary/aromatic N) is 3. The summed E-state index contributed by atoms with van der Waals surface area (Å²) in [5.41, 5.74) is 0. The maximum absolute atomic E-state index is 11.9. The second kappa shape index (κ2) is 7.40. The second-order valence-electron chi connectivity index (χ2n) is 5.81. The summed E-state index contributed by atoms with van der Waals surface area (Å²) in [4.78, 5) is 11.9. The number of aromatic nitrogens is 3. The van der Waals surface area contributed by atoms with Crippen molar-refractivity contribution < 1.29 is 4.79 Å². The number of hydrogen-bond donors (Lipinski definition) is 3. The van der Waals surface area contributed by atoms with Gasteiger partial charge < -0.3 is 20.5 Å². The Bertz CT molecular complexity index is 470. The van der Waals surface area contributed by atoms with Crippen molar-refractivity contribution >= 4 is 6.03 Å². The van der Waals surface area contributed by atoms with Gasteiger partial charge in [-0.05, 0) is 19.3 Å². The Morgan fingerprint density at radius 3 is 2.90 bits per heavy atom. The molecule has 1 unspecified atom stereocenters. The number of carbonyl (C=O) groups is 1. The summed E-state index contributed by atoms with van der Waals surface area (Å²) in [7, 11) is 0. The second-order valence-corrected chi connectivity index (χ2v) is 5.81. The van der Waals surface area contributed by atoms with Gasteiger partial charge in [-0.3, -0.25) is 0 Å². The predicted octanol–water partition coefficient (Wildman–Crippen LogP) is 0.830. The fraction of sp³-hybridized carbons (Fsp3) is 0.786. The zero-order chi connectivity index (χ0) is 15.2. The van der Waals surface area contributed by atoms with Crippen LogP contribution in [-0.4, -0.2) is 40.4 Å². The Hall–Kier alpha value is -1.63. The first-order valence-electron chi connectivity index (χ1n) is 7.78. The van der Waals surface area contributed by atoms with Gasteiger partial charge in [0.15, 0.2) is 5.82 Å². The van der Waals surface area contributed by atoms with Crippen LogP contribution in [0.25, 0.3) is 0 Å². The van der Waals surface area contributed by atoms with Gasteiger partial charge in [0.1, 0.15) is 5.82 Å². The third kappa shape index (κ3) is 4.17. The summed E-state index contributed by atoms with van der Waals surface area (Å²) in [6.45, 7) is 9.50. The molecule has 21 heavy (non-hydrogen) atoms. The van der Waals surface area contributed by atoms with Crippen molar-refractivity contribution in [3.8, 4) is 0 Å². The lowest BCUT2D eigenvalue weighted by Crippen LogP contribution is -2.39. The summed E-state index contributed by atoms with van der Waals surface area (Å²) in [6.07, 6.45) is 1.73. The molecule has 2 amide bonds. The molecule has 0 saturated heterocycles. The molecule has 118 valence electrons. The van der Waals surface area contributed by atoms with Crippen molar-refractivity contribution in [2.75, 3.05) is 19.6 Å². The number of rotatable bonds is 5. The molecule has 0 radical (unpaired) electrons. The minimum absolute atomic E-state index is 0.101. The van der Waals surface area contributed by atoms with Gasteiger partial charge >= 0.3 is 6.03 Å². The molecule has 2 rings (SSSR count). The highest BCUT2D eigenvalue weighted by atomic mass is 16.2. The third-order valence-corrected chi connectivity index (χ3v) is 3.56. The normalized spacial score (nSPS) is 16.2. The molecule has 0 bridgehead atoms. The molecule has 3 N–H and O–H groups in total. The van der Waals surface area contributed by atoms with Gasteiger partial charge in [-0.2, -0.15) is 0 Å². The van der Waals surface area contributed by atoms with Crippen LogP contribution in [0.3, 0.4) is 0 Å². The van der Waals surface area contributed by atoms with Crippen LogP contribution in [0, 0.1) is 5.92 Å². The van der Waals surface area contributed by atoms with Crippen LogP contribution >= 0.6 is 0 Å². The van der Waals surface area contributed by atoms with E-state index < -0.39 is 0 Å². The monoisotopic (exact) mass is 294 g/mol. The lowest BCUT2D eigenvalue weighted by molar-refractivity contribution is 0.234. The summed E-state index contributed by atoms with van der Waals surface area (Å²) in [5, 5.41) is 17.8. The highest BCUT2D eigenvalue weighted by Crippen LogP contribution is 2.21. The van der Waals surface area contributed by atoms with Gasteiger partial charge in [0.05, 0.1) is 6.04 Å². The van der Waals surface area contributed by atoms with E-state index in [-0.39, 0.29) is 12.1 Å². The minimum Gasteiger partial charge on any atom is -0.338 e. The number of fused-ring (bicyclic) bond motifs is 1. The molecule has 0 aliphatic carbocycles. The van der Waals surface area contributed by atoms with Crippen LogP contribution in [0.4, 0.5) is 4.79 Å². The largest absolute Gasteiger partial charge is 0.338 e. The average molecular weight is 294 g/mol. The van der Waals surface area contributed by atoms with Gasteiger partial charge in [0.25, 0.3) is 0 Å². The van der Waals surface area contributed by atoms with Crippen LogP contribution in [0.15, 0.2) is 0 Å². The standard InChI is InChI=1S/C14H26N6O/c1-4-16-14(21)17-11(9-10(2)3)13-19-18-12-5-6-15-7-8-20(12)13/h10-11,15H,4-9H2,1-3H3,(H2,16,17,21). The summed E-state index contributed by atoms with van der Waals surface area (Å²) in [5.74, 6) is 2.34. The average Bonchev–Trinajstić information content (AvgIpc) is 2.67. The van der Waals surface area contributed by atoms with Gasteiger partial charge in [-0.15, -0.1) is 10.2 Å². The van der Waals surface area contributed by atoms with Crippen LogP contribution in [0.1, 0.15) is 44.9 Å². The van der Waals surface area contributed by atoms with Gasteiger partial charge in [0, 0.05) is 32.6 Å². The highest BCUT2D eigenvalue weighted by molar-refractivity contribution is 5.74. The van der Waals surface area contributed by atoms with E-state index in [1.807, 2.05) is 6.92 Å². The topological polar surface area (TPSA) is 83.9 Å². The van der Waals surface area contributed by atoms with E-state index in [0.29, 0.717) is 12.5 Å². The Balaban J connectivity index is 2.19. The van der Waals surface area contributed by atoms with Crippen molar-refractivity contribution in [2.24, 2.45) is 5.92 Å². The molecule has 7 heteroatoms. The van der Waals surface area contributed by atoms with Crippen LogP contribution < -0.4 is 16.0 Å². The molecule has 7 nitrogen and oxygen atoms in total. The molecule has 1 aliphatic heterocycles. The molecule has 0 fully saturated rings. The number of hydrogen-bond acceptors (Lipinski definition) is 4. The van der Waals surface area contributed by atoms with Crippen molar-refractivity contribution in [2.45, 2.75) is 46.2 Å². The molecular weight excluding hydrogens is 268 g/mol. The van der Waals surface area contributed by atoms with E-state index in [2.05, 4.69) is 44.6 Å². The molecule has 0 aromatic carbocycles. The van der Waals surface area contributed by atoms with Gasteiger partial charge in [-0.1, -0.05) is 13.8 Å². The molecule has 0 saturated carbocycles. The number of amides is 2. The van der Waals surface area contributed by atoms with E-state index in [0.717, 1.165) is 44.1 Å². The van der Waals surface area contributed by atoms with Gasteiger partial charge in [0.2, 0.25) is 0 Å². The first-order valence-corrected chi connectivity index (χ1v) is 7.78. The van der Waals surface area contributed by atoms with E-state index >= 15 is 0 Å². The molecule has 0 spiro atoms. The van der Waals surface area contributed by atoms with Crippen LogP contribution in [-0.2, 0) is 13.0 Å². The Labute approximate surface area is 125 Å². The molecule has 1 aromatic rings. The first-order chi connectivity index (χ1) is 10.1. The molecule has 2 heterocycles. The van der Waals surface area contributed by atoms with Crippen LogP contribution in [0.5, 0.6) is 0 Å². The highest BCUT2D eigenvalue weighted by Gasteiger charge is 2.24. The Morgan fingerprint density at radius 1 is 1.38 bits per heavy atom. The maximum Gasteiger partial charge on any atom is 0.315 e. The van der Waals surface area contributed by atoms with Crippen molar-refractivity contribution in [1.82, 2.24) is 30.7 Å². The number of nitrogens with one attached hydrogen (secondary N) is 3. The number of carbonyl (C=O) groups excluding carboxylic acids is 1. The smallest absolute Gasteiger partial charge is 0.315 e. The van der Waals surface area contributed by atoms with Gasteiger partial charge in [-0.25, -0.2) is 4.79 Å². The Morgan fingerprint density at radius 2 is 2.19 bits per heavy atom. The molecule has 1 aliphatic rings. The summed E-state index contributed by atoms with van der Waals surface area (Å²) < 4.78 is 2.15. The molecular formula is C14H26N6O. The third-order valence-electron chi connectivity index (χ3n) is 3.56. The van der Waals surface area contributed by atoms with E-state index in [9.17, 15) is 4.79 Å². The quantitative estimate of drug-likeness (QED) is 0.751. The van der Waals surface area contributed by atoms with E-state index in [1.54, 1.807) is 0 Å². The summed E-state index contributed by atoms with van der Waals surface area (Å²) in [6, 6.07) is -0.247. The van der Waals surface area contributed by atoms with Crippen molar-refractivity contribution in [1.29, 1.82) is 0 Å². The van der Waals surface area contributed by atoms with Crippen molar-refractivity contribution in [3.05, 3.63) is 11.6 Å². The van der Waals surface area contributed by atoms with Crippen molar-refractivity contribution in [3.63, 3.8) is 0 Å². The lowest BCUT2D eigenvalue weighted by Gasteiger charge is -2.21. The fourth-order valence-electron chi connectivity index (χ4n) is 2.62. The molecule has 1 aromatic heterocycles. The number of urea groups is 1. The predicted molar refractivity (Wildman–Crippen MR) is 81.0 cm³/mol. The molecule has 1 atom stereocenters. The van der Waals surface area contributed by atoms with E-state index in [4.69, 9.17) is 0 Å². The van der Waals surface area contributed by atoms with Crippen LogP contribution in [0.2, 0.25) is 0 Å².